The highest BCUT2D eigenvalue weighted by Crippen LogP contribution is 2.34. The normalized spacial score (nSPS) is 31.1. The van der Waals surface area contributed by atoms with Crippen LogP contribution in [0.3, 0.4) is 0 Å². The summed E-state index contributed by atoms with van der Waals surface area (Å²) in [4.78, 5) is 11.9. The summed E-state index contributed by atoms with van der Waals surface area (Å²) in [5.74, 6) is 0.212. The van der Waals surface area contributed by atoms with Crippen molar-refractivity contribution in [1.82, 2.24) is 10.6 Å². The van der Waals surface area contributed by atoms with Crippen LogP contribution in [0.1, 0.15) is 12.8 Å². The van der Waals surface area contributed by atoms with E-state index in [0.29, 0.717) is 19.1 Å². The van der Waals surface area contributed by atoms with E-state index in [-0.39, 0.29) is 24.1 Å². The molecular formula is C14H25N3O3. The molecule has 0 radical (unpaired) electrons. The Hall–Kier alpha value is -0.950. The molecule has 2 saturated heterocycles. The van der Waals surface area contributed by atoms with Gasteiger partial charge >= 0.3 is 0 Å². The van der Waals surface area contributed by atoms with E-state index in [0.717, 1.165) is 32.6 Å². The summed E-state index contributed by atoms with van der Waals surface area (Å²) in [7, 11) is 0. The molecule has 0 aromatic carbocycles. The minimum absolute atomic E-state index is 0.000845. The van der Waals surface area contributed by atoms with Gasteiger partial charge in [-0.1, -0.05) is 6.08 Å². The third-order valence-electron chi connectivity index (χ3n) is 4.24. The molecule has 2 aliphatic rings. The van der Waals surface area contributed by atoms with E-state index in [9.17, 15) is 4.79 Å². The van der Waals surface area contributed by atoms with Crippen molar-refractivity contribution < 1.29 is 14.3 Å². The van der Waals surface area contributed by atoms with Crippen molar-refractivity contribution in [3.63, 3.8) is 0 Å². The Bertz CT molecular complexity index is 345. The fraction of sp³-hybridized carbons (Fsp3) is 0.786. The number of rotatable bonds is 6. The number of ether oxygens (including phenoxy) is 2. The lowest BCUT2D eigenvalue weighted by Gasteiger charge is -2.43. The SMILES string of the molecule is C=CCO[C@@H]1CNC[C@]1(NC(=O)CN)C1CCOCC1. The number of hydrogen-bond acceptors (Lipinski definition) is 5. The summed E-state index contributed by atoms with van der Waals surface area (Å²) < 4.78 is 11.3. The minimum atomic E-state index is -0.386. The molecule has 4 N–H and O–H groups in total. The highest BCUT2D eigenvalue weighted by atomic mass is 16.5. The first-order chi connectivity index (χ1) is 9.73. The molecule has 20 heavy (non-hydrogen) atoms. The number of nitrogens with one attached hydrogen (secondary N) is 2. The average Bonchev–Trinajstić information content (AvgIpc) is 2.89. The second-order valence-corrected chi connectivity index (χ2v) is 5.42. The van der Waals surface area contributed by atoms with Crippen LogP contribution in [0.4, 0.5) is 0 Å². The molecule has 0 bridgehead atoms. The van der Waals surface area contributed by atoms with E-state index in [2.05, 4.69) is 17.2 Å². The standard InChI is InChI=1S/C14H25N3O3/c1-2-5-20-12-9-16-10-14(12,17-13(18)8-15)11-3-6-19-7-4-11/h2,11-12,16H,1,3-10,15H2,(H,17,18)/t12-,14+/m1/s1. The highest BCUT2D eigenvalue weighted by Gasteiger charge is 2.50. The quantitative estimate of drug-likeness (QED) is 0.567. The number of nitrogens with two attached hydrogens (primary N) is 1. The summed E-state index contributed by atoms with van der Waals surface area (Å²) in [6, 6.07) is 0. The van der Waals surface area contributed by atoms with Gasteiger partial charge in [-0.15, -0.1) is 6.58 Å². The van der Waals surface area contributed by atoms with Crippen molar-refractivity contribution in [3.8, 4) is 0 Å². The molecule has 2 aliphatic heterocycles. The van der Waals surface area contributed by atoms with E-state index in [4.69, 9.17) is 15.2 Å². The predicted octanol–water partition coefficient (Wildman–Crippen LogP) is -0.599. The Morgan fingerprint density at radius 1 is 1.55 bits per heavy atom. The van der Waals surface area contributed by atoms with Crippen LogP contribution in [0.5, 0.6) is 0 Å². The topological polar surface area (TPSA) is 85.6 Å². The largest absolute Gasteiger partial charge is 0.381 e. The first kappa shape index (κ1) is 15.4. The summed E-state index contributed by atoms with van der Waals surface area (Å²) in [5, 5.41) is 6.47. The van der Waals surface area contributed by atoms with E-state index in [1.165, 1.54) is 0 Å². The molecule has 0 saturated carbocycles. The molecular weight excluding hydrogens is 258 g/mol. The zero-order valence-electron chi connectivity index (χ0n) is 11.9. The summed E-state index contributed by atoms with van der Waals surface area (Å²) in [6.45, 7) is 7.08. The van der Waals surface area contributed by atoms with E-state index in [1.807, 2.05) is 0 Å². The summed E-state index contributed by atoms with van der Waals surface area (Å²) >= 11 is 0. The predicted molar refractivity (Wildman–Crippen MR) is 76.3 cm³/mol. The van der Waals surface area contributed by atoms with Crippen LogP contribution in [0, 0.1) is 5.92 Å². The smallest absolute Gasteiger partial charge is 0.234 e. The van der Waals surface area contributed by atoms with E-state index in [1.54, 1.807) is 6.08 Å². The summed E-state index contributed by atoms with van der Waals surface area (Å²) in [6.07, 6.45) is 3.54. The fourth-order valence-corrected chi connectivity index (χ4v) is 3.26. The highest BCUT2D eigenvalue weighted by molar-refractivity contribution is 5.79. The van der Waals surface area contributed by atoms with Crippen LogP contribution < -0.4 is 16.4 Å². The van der Waals surface area contributed by atoms with Gasteiger partial charge in [0.15, 0.2) is 0 Å². The maximum Gasteiger partial charge on any atom is 0.234 e. The Morgan fingerprint density at radius 3 is 2.95 bits per heavy atom. The van der Waals surface area contributed by atoms with Crippen LogP contribution in [0.2, 0.25) is 0 Å². The molecule has 0 unspecified atom stereocenters. The van der Waals surface area contributed by atoms with Gasteiger partial charge in [-0.3, -0.25) is 4.79 Å². The minimum Gasteiger partial charge on any atom is -0.381 e. The van der Waals surface area contributed by atoms with Crippen LogP contribution in [0.25, 0.3) is 0 Å². The van der Waals surface area contributed by atoms with Gasteiger partial charge in [0.2, 0.25) is 5.91 Å². The van der Waals surface area contributed by atoms with Gasteiger partial charge in [-0.2, -0.15) is 0 Å². The molecule has 2 heterocycles. The van der Waals surface area contributed by atoms with Crippen molar-refractivity contribution in [2.24, 2.45) is 11.7 Å². The van der Waals surface area contributed by atoms with Crippen LogP contribution in [-0.4, -0.2) is 57.0 Å². The second-order valence-electron chi connectivity index (χ2n) is 5.42. The van der Waals surface area contributed by atoms with Crippen molar-refractivity contribution in [3.05, 3.63) is 12.7 Å². The van der Waals surface area contributed by atoms with Gasteiger partial charge in [0, 0.05) is 26.3 Å². The van der Waals surface area contributed by atoms with E-state index < -0.39 is 0 Å². The fourth-order valence-electron chi connectivity index (χ4n) is 3.26. The first-order valence-corrected chi connectivity index (χ1v) is 7.25. The van der Waals surface area contributed by atoms with Crippen molar-refractivity contribution in [2.75, 3.05) is 39.5 Å². The monoisotopic (exact) mass is 283 g/mol. The second kappa shape index (κ2) is 7.17. The first-order valence-electron chi connectivity index (χ1n) is 7.25. The van der Waals surface area contributed by atoms with Gasteiger partial charge < -0.3 is 25.8 Å². The molecule has 6 nitrogen and oxygen atoms in total. The van der Waals surface area contributed by atoms with Gasteiger partial charge in [-0.05, 0) is 18.8 Å². The maximum atomic E-state index is 11.9. The van der Waals surface area contributed by atoms with Crippen LogP contribution in [0.15, 0.2) is 12.7 Å². The number of carbonyl (C=O) groups is 1. The molecule has 0 aliphatic carbocycles. The lowest BCUT2D eigenvalue weighted by Crippen LogP contribution is -2.63. The van der Waals surface area contributed by atoms with Crippen molar-refractivity contribution in [1.29, 1.82) is 0 Å². The molecule has 2 rings (SSSR count). The number of carbonyl (C=O) groups excluding carboxylic acids is 1. The number of amides is 1. The molecule has 1 amide bonds. The number of hydrogen-bond donors (Lipinski definition) is 3. The van der Waals surface area contributed by atoms with Crippen molar-refractivity contribution >= 4 is 5.91 Å². The molecule has 2 fully saturated rings. The molecule has 114 valence electrons. The summed E-state index contributed by atoms with van der Waals surface area (Å²) in [5.41, 5.74) is 5.08. The Labute approximate surface area is 120 Å². The van der Waals surface area contributed by atoms with Crippen LogP contribution in [-0.2, 0) is 14.3 Å². The Morgan fingerprint density at radius 2 is 2.30 bits per heavy atom. The lowest BCUT2D eigenvalue weighted by atomic mass is 9.76. The lowest BCUT2D eigenvalue weighted by molar-refractivity contribution is -0.125. The van der Waals surface area contributed by atoms with E-state index >= 15 is 0 Å². The molecule has 2 atom stereocenters. The Balaban J connectivity index is 2.16. The zero-order valence-corrected chi connectivity index (χ0v) is 11.9. The molecule has 0 aromatic heterocycles. The maximum absolute atomic E-state index is 11.9. The molecule has 6 heteroatoms. The van der Waals surface area contributed by atoms with Gasteiger partial charge in [0.05, 0.1) is 24.8 Å². The van der Waals surface area contributed by atoms with Gasteiger partial charge in [-0.25, -0.2) is 0 Å². The van der Waals surface area contributed by atoms with Crippen molar-refractivity contribution in [2.45, 2.75) is 24.5 Å². The molecule has 0 aromatic rings. The van der Waals surface area contributed by atoms with Crippen LogP contribution >= 0.6 is 0 Å². The Kier molecular flexibility index (Phi) is 5.54. The van der Waals surface area contributed by atoms with Gasteiger partial charge in [0.25, 0.3) is 0 Å². The zero-order chi connectivity index (χ0) is 14.4. The third-order valence-corrected chi connectivity index (χ3v) is 4.24. The average molecular weight is 283 g/mol. The molecule has 0 spiro atoms. The third kappa shape index (κ3) is 3.20. The van der Waals surface area contributed by atoms with Gasteiger partial charge in [0.1, 0.15) is 0 Å².